The number of H-pyrrole nitrogens is 1. The van der Waals surface area contributed by atoms with Crippen LogP contribution in [0.4, 0.5) is 0 Å². The van der Waals surface area contributed by atoms with Gasteiger partial charge in [-0.15, -0.1) is 0 Å². The fraction of sp³-hybridized carbons (Fsp3) is 0.167. The van der Waals surface area contributed by atoms with Gasteiger partial charge in [0.25, 0.3) is 0 Å². The van der Waals surface area contributed by atoms with E-state index in [0.717, 1.165) is 23.1 Å². The number of hydrogen-bond acceptors (Lipinski definition) is 2. The standard InChI is InChI=1S/C12H12N2O/c1-9(12-6-13-8-14-12)11-5-3-2-4-10(11)7-15/h2-9H,1H3,(H,13,14)/t9-/m0/s1. The van der Waals surface area contributed by atoms with Crippen LogP contribution in [0.25, 0.3) is 0 Å². The summed E-state index contributed by atoms with van der Waals surface area (Å²) in [5, 5.41) is 0. The SMILES string of the molecule is C[C@H](c1cnc[nH]1)c1ccccc1C=O. The summed E-state index contributed by atoms with van der Waals surface area (Å²) in [6, 6.07) is 7.60. The number of nitrogens with one attached hydrogen (secondary N) is 1. The van der Waals surface area contributed by atoms with E-state index in [-0.39, 0.29) is 5.92 Å². The van der Waals surface area contributed by atoms with E-state index in [2.05, 4.69) is 16.9 Å². The molecule has 0 spiro atoms. The highest BCUT2D eigenvalue weighted by Crippen LogP contribution is 2.24. The third kappa shape index (κ3) is 1.81. The van der Waals surface area contributed by atoms with Gasteiger partial charge in [0.05, 0.1) is 6.33 Å². The number of benzene rings is 1. The molecule has 2 aromatic rings. The highest BCUT2D eigenvalue weighted by molar-refractivity contribution is 5.77. The first-order valence-corrected chi connectivity index (χ1v) is 4.85. The molecule has 3 heteroatoms. The van der Waals surface area contributed by atoms with Crippen molar-refractivity contribution in [2.24, 2.45) is 0 Å². The average Bonchev–Trinajstić information content (AvgIpc) is 2.81. The molecule has 0 saturated carbocycles. The van der Waals surface area contributed by atoms with Crippen molar-refractivity contribution in [3.63, 3.8) is 0 Å². The van der Waals surface area contributed by atoms with Gasteiger partial charge in [-0.25, -0.2) is 4.98 Å². The lowest BCUT2D eigenvalue weighted by atomic mass is 9.94. The number of aromatic nitrogens is 2. The maximum absolute atomic E-state index is 10.9. The number of hydrogen-bond donors (Lipinski definition) is 1. The van der Waals surface area contributed by atoms with Gasteiger partial charge in [0, 0.05) is 23.4 Å². The first-order valence-electron chi connectivity index (χ1n) is 4.85. The van der Waals surface area contributed by atoms with E-state index < -0.39 is 0 Å². The zero-order chi connectivity index (χ0) is 10.7. The Morgan fingerprint density at radius 2 is 2.20 bits per heavy atom. The highest BCUT2D eigenvalue weighted by atomic mass is 16.1. The Morgan fingerprint density at radius 1 is 1.40 bits per heavy atom. The number of nitrogens with zero attached hydrogens (tertiary/aromatic N) is 1. The quantitative estimate of drug-likeness (QED) is 0.773. The number of rotatable bonds is 3. The highest BCUT2D eigenvalue weighted by Gasteiger charge is 2.12. The van der Waals surface area contributed by atoms with Gasteiger partial charge in [-0.3, -0.25) is 4.79 Å². The summed E-state index contributed by atoms with van der Waals surface area (Å²) in [4.78, 5) is 17.9. The minimum atomic E-state index is 0.161. The molecular weight excluding hydrogens is 188 g/mol. The second-order valence-corrected chi connectivity index (χ2v) is 3.48. The monoisotopic (exact) mass is 200 g/mol. The molecule has 0 saturated heterocycles. The van der Waals surface area contributed by atoms with Crippen LogP contribution in [0.5, 0.6) is 0 Å². The van der Waals surface area contributed by atoms with E-state index in [0.29, 0.717) is 0 Å². The number of carbonyl (C=O) groups excluding carboxylic acids is 1. The summed E-state index contributed by atoms with van der Waals surface area (Å²) in [6.07, 6.45) is 4.32. The molecule has 0 aliphatic carbocycles. The van der Waals surface area contributed by atoms with Crippen LogP contribution in [-0.4, -0.2) is 16.3 Å². The Kier molecular flexibility index (Phi) is 2.63. The first kappa shape index (κ1) is 9.65. The van der Waals surface area contributed by atoms with E-state index in [1.165, 1.54) is 0 Å². The van der Waals surface area contributed by atoms with Gasteiger partial charge in [-0.05, 0) is 5.56 Å². The largest absolute Gasteiger partial charge is 0.348 e. The molecule has 1 N–H and O–H groups in total. The van der Waals surface area contributed by atoms with Crippen LogP contribution in [-0.2, 0) is 0 Å². The molecule has 1 aromatic heterocycles. The second kappa shape index (κ2) is 4.09. The van der Waals surface area contributed by atoms with Crippen molar-refractivity contribution < 1.29 is 4.79 Å². The van der Waals surface area contributed by atoms with Gasteiger partial charge < -0.3 is 4.98 Å². The van der Waals surface area contributed by atoms with Gasteiger partial charge in [0.1, 0.15) is 6.29 Å². The maximum atomic E-state index is 10.9. The summed E-state index contributed by atoms with van der Waals surface area (Å²) in [7, 11) is 0. The fourth-order valence-corrected chi connectivity index (χ4v) is 1.68. The van der Waals surface area contributed by atoms with Gasteiger partial charge in [0.15, 0.2) is 0 Å². The molecule has 3 nitrogen and oxygen atoms in total. The molecule has 1 atom stereocenters. The molecule has 0 amide bonds. The minimum absolute atomic E-state index is 0.161. The van der Waals surface area contributed by atoms with Crippen LogP contribution in [0.3, 0.4) is 0 Å². The number of aldehydes is 1. The Balaban J connectivity index is 2.41. The second-order valence-electron chi connectivity index (χ2n) is 3.48. The molecule has 0 aliphatic heterocycles. The van der Waals surface area contributed by atoms with Gasteiger partial charge >= 0.3 is 0 Å². The molecule has 0 aliphatic rings. The van der Waals surface area contributed by atoms with Crippen molar-refractivity contribution in [3.05, 3.63) is 53.6 Å². The van der Waals surface area contributed by atoms with Gasteiger partial charge in [-0.2, -0.15) is 0 Å². The fourth-order valence-electron chi connectivity index (χ4n) is 1.68. The van der Waals surface area contributed by atoms with Crippen molar-refractivity contribution in [1.29, 1.82) is 0 Å². The topological polar surface area (TPSA) is 45.8 Å². The summed E-state index contributed by atoms with van der Waals surface area (Å²) >= 11 is 0. The van der Waals surface area contributed by atoms with Gasteiger partial charge in [0.2, 0.25) is 0 Å². The van der Waals surface area contributed by atoms with Crippen molar-refractivity contribution in [2.45, 2.75) is 12.8 Å². The zero-order valence-electron chi connectivity index (χ0n) is 8.47. The van der Waals surface area contributed by atoms with Gasteiger partial charge in [-0.1, -0.05) is 31.2 Å². The van der Waals surface area contributed by atoms with E-state index in [9.17, 15) is 4.79 Å². The molecule has 0 unspecified atom stereocenters. The molecule has 0 radical (unpaired) electrons. The lowest BCUT2D eigenvalue weighted by Crippen LogP contribution is -2.00. The Bertz CT molecular complexity index is 448. The molecule has 2 rings (SSSR count). The normalized spacial score (nSPS) is 12.3. The van der Waals surface area contributed by atoms with Crippen LogP contribution >= 0.6 is 0 Å². The van der Waals surface area contributed by atoms with E-state index in [1.54, 1.807) is 12.5 Å². The molecule has 76 valence electrons. The number of aromatic amines is 1. The van der Waals surface area contributed by atoms with Crippen LogP contribution in [0.15, 0.2) is 36.8 Å². The van der Waals surface area contributed by atoms with E-state index in [4.69, 9.17) is 0 Å². The van der Waals surface area contributed by atoms with Crippen LogP contribution in [0, 0.1) is 0 Å². The Morgan fingerprint density at radius 3 is 2.87 bits per heavy atom. The lowest BCUT2D eigenvalue weighted by Gasteiger charge is -2.11. The molecule has 15 heavy (non-hydrogen) atoms. The van der Waals surface area contributed by atoms with Crippen molar-refractivity contribution in [1.82, 2.24) is 9.97 Å². The molecular formula is C12H12N2O. The van der Waals surface area contributed by atoms with Crippen LogP contribution in [0.2, 0.25) is 0 Å². The van der Waals surface area contributed by atoms with Crippen LogP contribution < -0.4 is 0 Å². The predicted molar refractivity (Wildman–Crippen MR) is 57.9 cm³/mol. The third-order valence-electron chi connectivity index (χ3n) is 2.58. The minimum Gasteiger partial charge on any atom is -0.348 e. The number of imidazole rings is 1. The zero-order valence-corrected chi connectivity index (χ0v) is 8.47. The maximum Gasteiger partial charge on any atom is 0.150 e. The smallest absolute Gasteiger partial charge is 0.150 e. The number of carbonyl (C=O) groups is 1. The third-order valence-corrected chi connectivity index (χ3v) is 2.58. The van der Waals surface area contributed by atoms with E-state index >= 15 is 0 Å². The summed E-state index contributed by atoms with van der Waals surface area (Å²) in [6.45, 7) is 2.05. The van der Waals surface area contributed by atoms with Crippen molar-refractivity contribution >= 4 is 6.29 Å². The molecule has 0 bridgehead atoms. The van der Waals surface area contributed by atoms with Crippen LogP contribution in [0.1, 0.15) is 34.5 Å². The van der Waals surface area contributed by atoms with Crippen molar-refractivity contribution in [2.75, 3.05) is 0 Å². The predicted octanol–water partition coefficient (Wildman–Crippen LogP) is 2.37. The Hall–Kier alpha value is -1.90. The summed E-state index contributed by atoms with van der Waals surface area (Å²) in [5.41, 5.74) is 2.78. The van der Waals surface area contributed by atoms with Crippen molar-refractivity contribution in [3.8, 4) is 0 Å². The summed E-state index contributed by atoms with van der Waals surface area (Å²) < 4.78 is 0. The first-order chi connectivity index (χ1) is 7.33. The molecule has 1 aromatic carbocycles. The van der Waals surface area contributed by atoms with E-state index in [1.807, 2.05) is 24.3 Å². The summed E-state index contributed by atoms with van der Waals surface area (Å²) in [5.74, 6) is 0.161. The lowest BCUT2D eigenvalue weighted by molar-refractivity contribution is 0.112. The average molecular weight is 200 g/mol. The molecule has 1 heterocycles. The Labute approximate surface area is 88.2 Å². The molecule has 0 fully saturated rings.